The second-order valence-electron chi connectivity index (χ2n) is 7.90. The molecule has 2 rings (SSSR count). The van der Waals surface area contributed by atoms with Crippen LogP contribution in [-0.2, 0) is 11.2 Å². The van der Waals surface area contributed by atoms with Gasteiger partial charge in [0.25, 0.3) is 0 Å². The van der Waals surface area contributed by atoms with E-state index in [0.717, 1.165) is 19.3 Å². The minimum Gasteiger partial charge on any atom is -0.389 e. The molecule has 2 aromatic carbocycles. The molecule has 0 unspecified atom stereocenters. The summed E-state index contributed by atoms with van der Waals surface area (Å²) in [5.41, 5.74) is 2.77. The van der Waals surface area contributed by atoms with Crippen LogP contribution in [0.5, 0.6) is 0 Å². The van der Waals surface area contributed by atoms with Crippen molar-refractivity contribution >= 4 is 5.78 Å². The lowest BCUT2D eigenvalue weighted by atomic mass is 9.82. The Labute approximate surface area is 164 Å². The first kappa shape index (κ1) is 21.4. The molecule has 0 aliphatic rings. The van der Waals surface area contributed by atoms with E-state index in [1.54, 1.807) is 0 Å². The fourth-order valence-corrected chi connectivity index (χ4v) is 3.92. The van der Waals surface area contributed by atoms with Gasteiger partial charge in [0.05, 0.1) is 5.60 Å². The van der Waals surface area contributed by atoms with Crippen molar-refractivity contribution in [2.45, 2.75) is 77.2 Å². The van der Waals surface area contributed by atoms with Gasteiger partial charge in [0, 0.05) is 12.8 Å². The second-order valence-corrected chi connectivity index (χ2v) is 7.90. The molecule has 1 N–H and O–H groups in total. The van der Waals surface area contributed by atoms with Gasteiger partial charge in [-0.3, -0.25) is 4.79 Å². The summed E-state index contributed by atoms with van der Waals surface area (Å²) in [6.07, 6.45) is 4.71. The van der Waals surface area contributed by atoms with Crippen molar-refractivity contribution in [1.82, 2.24) is 0 Å². The molecule has 2 aromatic rings. The van der Waals surface area contributed by atoms with Crippen molar-refractivity contribution in [1.29, 1.82) is 0 Å². The Bertz CT molecular complexity index is 707. The zero-order chi connectivity index (χ0) is 19.7. The zero-order valence-electron chi connectivity index (χ0n) is 17.1. The summed E-state index contributed by atoms with van der Waals surface area (Å²) in [6.45, 7) is 6.29. The van der Waals surface area contributed by atoms with E-state index in [4.69, 9.17) is 0 Å². The molecule has 0 heterocycles. The van der Waals surface area contributed by atoms with Crippen LogP contribution in [0.25, 0.3) is 0 Å². The number of carbonyl (C=O) groups excluding carboxylic acids is 1. The zero-order valence-corrected chi connectivity index (χ0v) is 17.1. The predicted molar refractivity (Wildman–Crippen MR) is 113 cm³/mol. The molecule has 0 aliphatic heterocycles. The van der Waals surface area contributed by atoms with Gasteiger partial charge in [0.15, 0.2) is 0 Å². The molecule has 0 aliphatic carbocycles. The van der Waals surface area contributed by atoms with Crippen molar-refractivity contribution < 1.29 is 9.90 Å². The molecular weight excluding hydrogens is 332 g/mol. The van der Waals surface area contributed by atoms with Crippen molar-refractivity contribution in [3.63, 3.8) is 0 Å². The number of rotatable bonds is 11. The molecule has 0 aromatic heterocycles. The fraction of sp³-hybridized carbons (Fsp3) is 0.480. The predicted octanol–water partition coefficient (Wildman–Crippen LogP) is 6.00. The first-order chi connectivity index (χ1) is 13.0. The summed E-state index contributed by atoms with van der Waals surface area (Å²) in [6, 6.07) is 18.6. The minimum absolute atomic E-state index is 0.173. The molecule has 0 spiro atoms. The van der Waals surface area contributed by atoms with Gasteiger partial charge in [-0.1, -0.05) is 80.4 Å². The van der Waals surface area contributed by atoms with Gasteiger partial charge in [-0.2, -0.15) is 0 Å². The van der Waals surface area contributed by atoms with Crippen LogP contribution in [0.1, 0.15) is 75.0 Å². The Morgan fingerprint density at radius 2 is 1.78 bits per heavy atom. The van der Waals surface area contributed by atoms with Crippen molar-refractivity contribution in [3.8, 4) is 0 Å². The number of carbonyl (C=O) groups is 1. The van der Waals surface area contributed by atoms with E-state index in [1.807, 2.05) is 18.2 Å². The second kappa shape index (κ2) is 10.4. The Balaban J connectivity index is 2.00. The van der Waals surface area contributed by atoms with Crippen LogP contribution in [0.4, 0.5) is 0 Å². The van der Waals surface area contributed by atoms with Crippen LogP contribution >= 0.6 is 0 Å². The summed E-state index contributed by atoms with van der Waals surface area (Å²) < 4.78 is 0. The SMILES string of the molecule is CCC[C@](O)(CCc1ccccc1)CC(=O)C[C@@H](CC)c1cccc(C)c1. The summed E-state index contributed by atoms with van der Waals surface area (Å²) in [5, 5.41) is 11.1. The van der Waals surface area contributed by atoms with Crippen LogP contribution in [0, 0.1) is 6.92 Å². The molecule has 27 heavy (non-hydrogen) atoms. The van der Waals surface area contributed by atoms with E-state index in [0.29, 0.717) is 19.3 Å². The van der Waals surface area contributed by atoms with Crippen LogP contribution in [0.3, 0.4) is 0 Å². The van der Waals surface area contributed by atoms with Gasteiger partial charge in [0.1, 0.15) is 5.78 Å². The van der Waals surface area contributed by atoms with Gasteiger partial charge in [-0.05, 0) is 49.7 Å². The monoisotopic (exact) mass is 366 g/mol. The Morgan fingerprint density at radius 3 is 2.41 bits per heavy atom. The van der Waals surface area contributed by atoms with E-state index in [2.05, 4.69) is 57.2 Å². The summed E-state index contributed by atoms with van der Waals surface area (Å²) >= 11 is 0. The molecule has 2 nitrogen and oxygen atoms in total. The van der Waals surface area contributed by atoms with Crippen molar-refractivity contribution in [2.75, 3.05) is 0 Å². The third-order valence-corrected chi connectivity index (χ3v) is 5.44. The summed E-state index contributed by atoms with van der Waals surface area (Å²) in [4.78, 5) is 12.8. The highest BCUT2D eigenvalue weighted by atomic mass is 16.3. The quantitative estimate of drug-likeness (QED) is 0.529. The van der Waals surface area contributed by atoms with E-state index in [-0.39, 0.29) is 18.1 Å². The topological polar surface area (TPSA) is 37.3 Å². The normalized spacial score (nSPS) is 14.5. The Morgan fingerprint density at radius 1 is 1.04 bits per heavy atom. The Kier molecular flexibility index (Phi) is 8.24. The van der Waals surface area contributed by atoms with E-state index in [1.165, 1.54) is 16.7 Å². The largest absolute Gasteiger partial charge is 0.389 e. The molecule has 0 radical (unpaired) electrons. The van der Waals surface area contributed by atoms with Crippen molar-refractivity contribution in [2.24, 2.45) is 0 Å². The van der Waals surface area contributed by atoms with Crippen LogP contribution < -0.4 is 0 Å². The minimum atomic E-state index is -0.896. The number of aryl methyl sites for hydroxylation is 2. The Hall–Kier alpha value is -1.93. The van der Waals surface area contributed by atoms with E-state index in [9.17, 15) is 9.90 Å². The van der Waals surface area contributed by atoms with E-state index < -0.39 is 5.60 Å². The standard InChI is InChI=1S/C25H34O2/c1-4-15-25(27,16-14-21-11-7-6-8-12-21)19-24(26)18-22(5-2)23-13-9-10-20(3)17-23/h6-13,17,22,27H,4-5,14-16,18-19H2,1-3H3/t22-,25+/m1/s1. The molecule has 0 saturated heterocycles. The molecule has 0 bridgehead atoms. The van der Waals surface area contributed by atoms with E-state index >= 15 is 0 Å². The van der Waals surface area contributed by atoms with Gasteiger partial charge in [0.2, 0.25) is 0 Å². The molecule has 0 saturated carbocycles. The number of hydrogen-bond acceptors (Lipinski definition) is 2. The lowest BCUT2D eigenvalue weighted by Gasteiger charge is -2.28. The van der Waals surface area contributed by atoms with Gasteiger partial charge in [-0.15, -0.1) is 0 Å². The third kappa shape index (κ3) is 6.95. The first-order valence-corrected chi connectivity index (χ1v) is 10.3. The highest BCUT2D eigenvalue weighted by molar-refractivity contribution is 5.80. The lowest BCUT2D eigenvalue weighted by Crippen LogP contribution is -2.32. The molecule has 2 atom stereocenters. The third-order valence-electron chi connectivity index (χ3n) is 5.44. The average Bonchev–Trinajstić information content (AvgIpc) is 2.65. The number of ketones is 1. The molecule has 146 valence electrons. The van der Waals surface area contributed by atoms with Gasteiger partial charge in [-0.25, -0.2) is 0 Å². The van der Waals surface area contributed by atoms with Gasteiger partial charge >= 0.3 is 0 Å². The smallest absolute Gasteiger partial charge is 0.136 e. The van der Waals surface area contributed by atoms with Crippen LogP contribution in [0.2, 0.25) is 0 Å². The number of aliphatic hydroxyl groups is 1. The van der Waals surface area contributed by atoms with Gasteiger partial charge < -0.3 is 5.11 Å². The van der Waals surface area contributed by atoms with Crippen molar-refractivity contribution in [3.05, 3.63) is 71.3 Å². The summed E-state index contributed by atoms with van der Waals surface area (Å²) in [5.74, 6) is 0.407. The highest BCUT2D eigenvalue weighted by Crippen LogP contribution is 2.29. The average molecular weight is 367 g/mol. The lowest BCUT2D eigenvalue weighted by molar-refractivity contribution is -0.125. The van der Waals surface area contributed by atoms with Crippen LogP contribution in [0.15, 0.2) is 54.6 Å². The molecule has 2 heteroatoms. The number of hydrogen-bond donors (Lipinski definition) is 1. The summed E-state index contributed by atoms with van der Waals surface area (Å²) in [7, 11) is 0. The van der Waals surface area contributed by atoms with Crippen LogP contribution in [-0.4, -0.2) is 16.5 Å². The molecule has 0 fully saturated rings. The highest BCUT2D eigenvalue weighted by Gasteiger charge is 2.29. The maximum atomic E-state index is 12.8. The fourth-order valence-electron chi connectivity index (χ4n) is 3.92. The molecular formula is C25H34O2. The number of Topliss-reactive ketones (excluding diaryl/α,β-unsaturated/α-hetero) is 1. The first-order valence-electron chi connectivity index (χ1n) is 10.3. The maximum absolute atomic E-state index is 12.8. The molecule has 0 amide bonds. The number of benzene rings is 2. The maximum Gasteiger partial charge on any atom is 0.136 e.